The van der Waals surface area contributed by atoms with Gasteiger partial charge in [0.25, 0.3) is 5.91 Å². The minimum absolute atomic E-state index is 0.00875. The van der Waals surface area contributed by atoms with E-state index in [9.17, 15) is 4.79 Å². The number of hydrogen-bond acceptors (Lipinski definition) is 4. The molecular weight excluding hydrogens is 326 g/mol. The summed E-state index contributed by atoms with van der Waals surface area (Å²) in [4.78, 5) is 18.5. The van der Waals surface area contributed by atoms with Crippen molar-refractivity contribution in [1.82, 2.24) is 9.88 Å². The number of amides is 1. The van der Waals surface area contributed by atoms with Crippen molar-refractivity contribution < 1.29 is 9.53 Å². The molecule has 1 aromatic carbocycles. The quantitative estimate of drug-likeness (QED) is 0.817. The molecule has 0 unspecified atom stereocenters. The SMILES string of the molecule is NCCCOc1ccc(C(=O)N2CC(c3cccnc3)C2)cc1Cl. The van der Waals surface area contributed by atoms with E-state index in [0.29, 0.717) is 48.5 Å². The third kappa shape index (κ3) is 3.68. The van der Waals surface area contributed by atoms with Gasteiger partial charge >= 0.3 is 0 Å². The molecule has 1 saturated heterocycles. The van der Waals surface area contributed by atoms with Crippen molar-refractivity contribution in [3.8, 4) is 5.75 Å². The molecule has 3 rings (SSSR count). The highest BCUT2D eigenvalue weighted by atomic mass is 35.5. The predicted octanol–water partition coefficient (Wildman–Crippen LogP) is 2.70. The van der Waals surface area contributed by atoms with Crippen LogP contribution < -0.4 is 10.5 Å². The van der Waals surface area contributed by atoms with Gasteiger partial charge in [-0.3, -0.25) is 9.78 Å². The van der Waals surface area contributed by atoms with Crippen molar-refractivity contribution in [1.29, 1.82) is 0 Å². The van der Waals surface area contributed by atoms with Crippen LogP contribution in [0.25, 0.3) is 0 Å². The molecule has 0 saturated carbocycles. The lowest BCUT2D eigenvalue weighted by Crippen LogP contribution is -2.48. The summed E-state index contributed by atoms with van der Waals surface area (Å²) in [6.07, 6.45) is 4.38. The number of benzene rings is 1. The largest absolute Gasteiger partial charge is 0.492 e. The molecule has 1 aromatic heterocycles. The minimum atomic E-state index is -0.00875. The molecule has 24 heavy (non-hydrogen) atoms. The van der Waals surface area contributed by atoms with Crippen LogP contribution in [0.5, 0.6) is 5.75 Å². The van der Waals surface area contributed by atoms with E-state index >= 15 is 0 Å². The van der Waals surface area contributed by atoms with Gasteiger partial charge in [0, 0.05) is 37.0 Å². The smallest absolute Gasteiger partial charge is 0.253 e. The summed E-state index contributed by atoms with van der Waals surface area (Å²) in [6.45, 7) is 2.50. The maximum atomic E-state index is 12.5. The summed E-state index contributed by atoms with van der Waals surface area (Å²) in [7, 11) is 0. The maximum Gasteiger partial charge on any atom is 0.253 e. The number of likely N-dealkylation sites (tertiary alicyclic amines) is 1. The van der Waals surface area contributed by atoms with Crippen molar-refractivity contribution in [2.24, 2.45) is 5.73 Å². The molecule has 1 aliphatic heterocycles. The van der Waals surface area contributed by atoms with Gasteiger partial charge in [-0.1, -0.05) is 17.7 Å². The topological polar surface area (TPSA) is 68.5 Å². The second-order valence-corrected chi connectivity index (χ2v) is 6.24. The lowest BCUT2D eigenvalue weighted by atomic mass is 9.92. The Balaban J connectivity index is 1.59. The van der Waals surface area contributed by atoms with Crippen LogP contribution in [0.15, 0.2) is 42.7 Å². The van der Waals surface area contributed by atoms with E-state index < -0.39 is 0 Å². The molecule has 6 heteroatoms. The molecule has 0 atom stereocenters. The Morgan fingerprint density at radius 1 is 1.38 bits per heavy atom. The first-order valence-corrected chi connectivity index (χ1v) is 8.38. The van der Waals surface area contributed by atoms with Gasteiger partial charge in [0.1, 0.15) is 5.75 Å². The van der Waals surface area contributed by atoms with E-state index in [0.717, 1.165) is 6.42 Å². The van der Waals surface area contributed by atoms with Gasteiger partial charge in [-0.05, 0) is 42.8 Å². The average molecular weight is 346 g/mol. The number of pyridine rings is 1. The number of halogens is 1. The van der Waals surface area contributed by atoms with Crippen LogP contribution in [0.3, 0.4) is 0 Å². The lowest BCUT2D eigenvalue weighted by Gasteiger charge is -2.39. The summed E-state index contributed by atoms with van der Waals surface area (Å²) in [5.41, 5.74) is 7.18. The average Bonchev–Trinajstić information content (AvgIpc) is 2.56. The molecule has 0 bridgehead atoms. The lowest BCUT2D eigenvalue weighted by molar-refractivity contribution is 0.0602. The molecule has 0 aliphatic carbocycles. The monoisotopic (exact) mass is 345 g/mol. The maximum absolute atomic E-state index is 12.5. The molecule has 1 aliphatic rings. The van der Waals surface area contributed by atoms with E-state index in [4.69, 9.17) is 22.1 Å². The summed E-state index contributed by atoms with van der Waals surface area (Å²) in [6, 6.07) is 9.12. The Labute approximate surface area is 146 Å². The molecule has 1 fully saturated rings. The molecule has 2 heterocycles. The number of carbonyl (C=O) groups excluding carboxylic acids is 1. The number of rotatable bonds is 6. The van der Waals surface area contributed by atoms with Crippen LogP contribution in [0.4, 0.5) is 0 Å². The van der Waals surface area contributed by atoms with Gasteiger partial charge in [0.05, 0.1) is 11.6 Å². The Bertz CT molecular complexity index is 703. The Morgan fingerprint density at radius 3 is 2.88 bits per heavy atom. The zero-order valence-electron chi connectivity index (χ0n) is 13.3. The minimum Gasteiger partial charge on any atom is -0.492 e. The molecule has 5 nitrogen and oxygen atoms in total. The third-order valence-corrected chi connectivity index (χ3v) is 4.40. The second kappa shape index (κ2) is 7.64. The van der Waals surface area contributed by atoms with E-state index in [1.807, 2.05) is 23.2 Å². The number of hydrogen-bond donors (Lipinski definition) is 1. The number of carbonyl (C=O) groups is 1. The van der Waals surface area contributed by atoms with Crippen LogP contribution in [-0.2, 0) is 0 Å². The standard InChI is InChI=1S/C18H20ClN3O2/c19-16-9-13(4-5-17(16)24-8-2-6-20)18(23)22-11-15(12-22)14-3-1-7-21-10-14/h1,3-5,7,9-10,15H,2,6,8,11-12,20H2. The fourth-order valence-corrected chi connectivity index (χ4v) is 2.91. The summed E-state index contributed by atoms with van der Waals surface area (Å²) >= 11 is 6.21. The Hall–Kier alpha value is -2.11. The van der Waals surface area contributed by atoms with Crippen molar-refractivity contribution in [3.63, 3.8) is 0 Å². The first-order chi connectivity index (χ1) is 11.7. The molecule has 0 spiro atoms. The molecule has 0 radical (unpaired) electrons. The van der Waals surface area contributed by atoms with Crippen molar-refractivity contribution in [3.05, 3.63) is 58.9 Å². The fourth-order valence-electron chi connectivity index (χ4n) is 2.67. The van der Waals surface area contributed by atoms with Gasteiger partial charge in [0.15, 0.2) is 0 Å². The van der Waals surface area contributed by atoms with E-state index in [1.54, 1.807) is 24.4 Å². The van der Waals surface area contributed by atoms with Gasteiger partial charge in [-0.15, -0.1) is 0 Å². The van der Waals surface area contributed by atoms with E-state index in [1.165, 1.54) is 5.56 Å². The zero-order chi connectivity index (χ0) is 16.9. The number of nitrogens with zero attached hydrogens (tertiary/aromatic N) is 2. The summed E-state index contributed by atoms with van der Waals surface area (Å²) in [5, 5.41) is 0.446. The Kier molecular flexibility index (Phi) is 5.33. The molecular formula is C18H20ClN3O2. The summed E-state index contributed by atoms with van der Waals surface area (Å²) in [5.74, 6) is 0.932. The third-order valence-electron chi connectivity index (χ3n) is 4.11. The van der Waals surface area contributed by atoms with Crippen LogP contribution in [0, 0.1) is 0 Å². The van der Waals surface area contributed by atoms with Crippen molar-refractivity contribution in [2.75, 3.05) is 26.2 Å². The van der Waals surface area contributed by atoms with Gasteiger partial charge < -0.3 is 15.4 Å². The first kappa shape index (κ1) is 16.7. The van der Waals surface area contributed by atoms with Crippen molar-refractivity contribution in [2.45, 2.75) is 12.3 Å². The zero-order valence-corrected chi connectivity index (χ0v) is 14.1. The highest BCUT2D eigenvalue weighted by Crippen LogP contribution is 2.30. The highest BCUT2D eigenvalue weighted by molar-refractivity contribution is 6.32. The number of nitrogens with two attached hydrogens (primary N) is 1. The van der Waals surface area contributed by atoms with Gasteiger partial charge in [-0.2, -0.15) is 0 Å². The normalized spacial score (nSPS) is 14.3. The molecule has 2 N–H and O–H groups in total. The second-order valence-electron chi connectivity index (χ2n) is 5.83. The number of aromatic nitrogens is 1. The molecule has 2 aromatic rings. The Morgan fingerprint density at radius 2 is 2.21 bits per heavy atom. The molecule has 126 valence electrons. The first-order valence-electron chi connectivity index (χ1n) is 8.00. The van der Waals surface area contributed by atoms with Crippen LogP contribution in [0.2, 0.25) is 5.02 Å². The number of ether oxygens (including phenoxy) is 1. The van der Waals surface area contributed by atoms with Gasteiger partial charge in [0.2, 0.25) is 0 Å². The highest BCUT2D eigenvalue weighted by Gasteiger charge is 2.32. The van der Waals surface area contributed by atoms with Gasteiger partial charge in [-0.25, -0.2) is 0 Å². The van der Waals surface area contributed by atoms with Crippen LogP contribution in [0.1, 0.15) is 28.3 Å². The van der Waals surface area contributed by atoms with Crippen LogP contribution >= 0.6 is 11.6 Å². The van der Waals surface area contributed by atoms with Crippen molar-refractivity contribution >= 4 is 17.5 Å². The van der Waals surface area contributed by atoms with E-state index in [-0.39, 0.29) is 5.91 Å². The fraction of sp³-hybridized carbons (Fsp3) is 0.333. The van der Waals surface area contributed by atoms with Crippen LogP contribution in [-0.4, -0.2) is 42.0 Å². The summed E-state index contributed by atoms with van der Waals surface area (Å²) < 4.78 is 5.54. The predicted molar refractivity (Wildman–Crippen MR) is 93.5 cm³/mol. The molecule has 1 amide bonds. The van der Waals surface area contributed by atoms with E-state index in [2.05, 4.69) is 4.98 Å².